The first-order chi connectivity index (χ1) is 11.9. The van der Waals surface area contributed by atoms with Gasteiger partial charge in [0.15, 0.2) is 0 Å². The Balaban J connectivity index is 1.94. The summed E-state index contributed by atoms with van der Waals surface area (Å²) in [6, 6.07) is 9.31. The number of benzene rings is 2. The number of nitro benzene ring substituents is 1. The first kappa shape index (κ1) is 17.9. The molecule has 0 radical (unpaired) electrons. The molecule has 0 unspecified atom stereocenters. The zero-order chi connectivity index (χ0) is 18.4. The fraction of sp³-hybridized carbons (Fsp3) is 0.125. The van der Waals surface area contributed by atoms with Gasteiger partial charge in [-0.25, -0.2) is 4.79 Å². The third-order valence-electron chi connectivity index (χ3n) is 3.19. The van der Waals surface area contributed by atoms with E-state index in [1.807, 2.05) is 0 Å². The lowest BCUT2D eigenvalue weighted by molar-refractivity contribution is -0.387. The standard InChI is InChI=1S/C16H14FN3O5/c1-25-16(22)10-2-4-11(5-3-10)19-15(21)9-18-12-6-7-13(17)14(8-12)20(23)24/h2-8,18H,9H2,1H3,(H,19,21). The molecule has 130 valence electrons. The van der Waals surface area contributed by atoms with E-state index < -0.39 is 28.3 Å². The molecule has 9 heteroatoms. The van der Waals surface area contributed by atoms with Crippen LogP contribution in [0.1, 0.15) is 10.4 Å². The van der Waals surface area contributed by atoms with Gasteiger partial charge in [0.1, 0.15) is 0 Å². The molecule has 0 atom stereocenters. The van der Waals surface area contributed by atoms with Crippen LogP contribution < -0.4 is 10.6 Å². The van der Waals surface area contributed by atoms with E-state index in [0.717, 1.165) is 12.1 Å². The van der Waals surface area contributed by atoms with Crippen LogP contribution in [0.2, 0.25) is 0 Å². The number of nitrogens with zero attached hydrogens (tertiary/aromatic N) is 1. The lowest BCUT2D eigenvalue weighted by Gasteiger charge is -2.08. The summed E-state index contributed by atoms with van der Waals surface area (Å²) in [7, 11) is 1.27. The Kier molecular flexibility index (Phi) is 5.62. The molecule has 8 nitrogen and oxygen atoms in total. The highest BCUT2D eigenvalue weighted by Crippen LogP contribution is 2.21. The zero-order valence-corrected chi connectivity index (χ0v) is 13.1. The van der Waals surface area contributed by atoms with Gasteiger partial charge in [-0.2, -0.15) is 4.39 Å². The molecule has 2 aromatic carbocycles. The van der Waals surface area contributed by atoms with E-state index >= 15 is 0 Å². The lowest BCUT2D eigenvalue weighted by Crippen LogP contribution is -2.21. The minimum Gasteiger partial charge on any atom is -0.465 e. The first-order valence-electron chi connectivity index (χ1n) is 7.06. The van der Waals surface area contributed by atoms with Gasteiger partial charge in [-0.15, -0.1) is 0 Å². The van der Waals surface area contributed by atoms with Gasteiger partial charge in [0.2, 0.25) is 11.7 Å². The molecule has 2 aromatic rings. The largest absolute Gasteiger partial charge is 0.465 e. The Morgan fingerprint density at radius 1 is 1.16 bits per heavy atom. The summed E-state index contributed by atoms with van der Waals surface area (Å²) >= 11 is 0. The molecule has 0 bridgehead atoms. The van der Waals surface area contributed by atoms with Crippen molar-refractivity contribution in [2.45, 2.75) is 0 Å². The number of nitrogens with one attached hydrogen (secondary N) is 2. The second-order valence-electron chi connectivity index (χ2n) is 4.89. The van der Waals surface area contributed by atoms with Crippen molar-refractivity contribution in [3.05, 3.63) is 64.0 Å². The van der Waals surface area contributed by atoms with Crippen LogP contribution in [0.15, 0.2) is 42.5 Å². The van der Waals surface area contributed by atoms with E-state index in [9.17, 15) is 24.1 Å². The fourth-order valence-electron chi connectivity index (χ4n) is 1.96. The van der Waals surface area contributed by atoms with E-state index in [2.05, 4.69) is 15.4 Å². The van der Waals surface area contributed by atoms with Crippen molar-refractivity contribution in [2.24, 2.45) is 0 Å². The number of carbonyl (C=O) groups excluding carboxylic acids is 2. The Bertz CT molecular complexity index is 808. The first-order valence-corrected chi connectivity index (χ1v) is 7.06. The smallest absolute Gasteiger partial charge is 0.337 e. The summed E-state index contributed by atoms with van der Waals surface area (Å²) in [6.07, 6.45) is 0. The van der Waals surface area contributed by atoms with Crippen molar-refractivity contribution in [1.82, 2.24) is 0 Å². The maximum atomic E-state index is 13.2. The number of rotatable bonds is 6. The molecule has 25 heavy (non-hydrogen) atoms. The van der Waals surface area contributed by atoms with Crippen LogP contribution in [-0.4, -0.2) is 30.5 Å². The van der Waals surface area contributed by atoms with Crippen LogP contribution in [0.5, 0.6) is 0 Å². The maximum Gasteiger partial charge on any atom is 0.337 e. The number of halogens is 1. The molecule has 1 amide bonds. The van der Waals surface area contributed by atoms with Crippen LogP contribution in [0.25, 0.3) is 0 Å². The summed E-state index contributed by atoms with van der Waals surface area (Å²) in [6.45, 7) is -0.179. The molecule has 0 fully saturated rings. The highest BCUT2D eigenvalue weighted by atomic mass is 19.1. The van der Waals surface area contributed by atoms with Crippen molar-refractivity contribution in [1.29, 1.82) is 0 Å². The molecule has 0 aromatic heterocycles. The molecular weight excluding hydrogens is 333 g/mol. The van der Waals surface area contributed by atoms with E-state index in [1.165, 1.54) is 37.4 Å². The highest BCUT2D eigenvalue weighted by Gasteiger charge is 2.14. The van der Waals surface area contributed by atoms with Crippen LogP contribution in [0.3, 0.4) is 0 Å². The Hall–Kier alpha value is -3.49. The lowest BCUT2D eigenvalue weighted by atomic mass is 10.2. The molecular formula is C16H14FN3O5. The number of hydrogen-bond acceptors (Lipinski definition) is 6. The van der Waals surface area contributed by atoms with E-state index in [4.69, 9.17) is 0 Å². The maximum absolute atomic E-state index is 13.2. The van der Waals surface area contributed by atoms with Crippen molar-refractivity contribution in [3.8, 4) is 0 Å². The van der Waals surface area contributed by atoms with Gasteiger partial charge in [-0.05, 0) is 36.4 Å². The number of amides is 1. The normalized spacial score (nSPS) is 10.0. The number of esters is 1. The average molecular weight is 347 g/mol. The van der Waals surface area contributed by atoms with Gasteiger partial charge >= 0.3 is 11.7 Å². The van der Waals surface area contributed by atoms with Crippen molar-refractivity contribution in [2.75, 3.05) is 24.3 Å². The van der Waals surface area contributed by atoms with Crippen LogP contribution in [0.4, 0.5) is 21.5 Å². The second kappa shape index (κ2) is 7.86. The van der Waals surface area contributed by atoms with Gasteiger partial charge in [0.05, 0.1) is 24.1 Å². The SMILES string of the molecule is COC(=O)c1ccc(NC(=O)CNc2ccc(F)c([N+](=O)[O-])c2)cc1. The van der Waals surface area contributed by atoms with Gasteiger partial charge in [0.25, 0.3) is 0 Å². The molecule has 2 N–H and O–H groups in total. The van der Waals surface area contributed by atoms with E-state index in [-0.39, 0.29) is 12.2 Å². The summed E-state index contributed by atoms with van der Waals surface area (Å²) in [5, 5.41) is 15.9. The minimum atomic E-state index is -0.953. The van der Waals surface area contributed by atoms with Crippen molar-refractivity contribution < 1.29 is 23.6 Å². The molecule has 0 aliphatic rings. The fourth-order valence-corrected chi connectivity index (χ4v) is 1.96. The molecule has 2 rings (SSSR count). The molecule has 0 saturated carbocycles. The predicted molar refractivity (Wildman–Crippen MR) is 88.0 cm³/mol. The third-order valence-corrected chi connectivity index (χ3v) is 3.19. The Morgan fingerprint density at radius 3 is 2.40 bits per heavy atom. The summed E-state index contributed by atoms with van der Waals surface area (Å²) in [5.41, 5.74) is 0.370. The molecule has 0 aliphatic carbocycles. The molecule has 0 spiro atoms. The minimum absolute atomic E-state index is 0.179. The van der Waals surface area contributed by atoms with E-state index in [1.54, 1.807) is 0 Å². The summed E-state index contributed by atoms with van der Waals surface area (Å²) in [4.78, 5) is 33.0. The van der Waals surface area contributed by atoms with Crippen LogP contribution >= 0.6 is 0 Å². The monoisotopic (exact) mass is 347 g/mol. The van der Waals surface area contributed by atoms with Crippen molar-refractivity contribution >= 4 is 28.9 Å². The van der Waals surface area contributed by atoms with Gasteiger partial charge in [0, 0.05) is 17.4 Å². The number of nitro groups is 1. The predicted octanol–water partition coefficient (Wildman–Crippen LogP) is 2.57. The average Bonchev–Trinajstić information content (AvgIpc) is 2.60. The highest BCUT2D eigenvalue weighted by molar-refractivity contribution is 5.95. The molecule has 0 heterocycles. The summed E-state index contributed by atoms with van der Waals surface area (Å²) < 4.78 is 17.8. The number of ether oxygens (including phenoxy) is 1. The number of methoxy groups -OCH3 is 1. The topological polar surface area (TPSA) is 111 Å². The second-order valence-corrected chi connectivity index (χ2v) is 4.89. The van der Waals surface area contributed by atoms with Crippen LogP contribution in [-0.2, 0) is 9.53 Å². The number of carbonyl (C=O) groups is 2. The molecule has 0 aliphatic heterocycles. The van der Waals surface area contributed by atoms with Crippen LogP contribution in [0, 0.1) is 15.9 Å². The quantitative estimate of drug-likeness (QED) is 0.472. The summed E-state index contributed by atoms with van der Waals surface area (Å²) in [5.74, 6) is -1.86. The number of anilines is 2. The van der Waals surface area contributed by atoms with Gasteiger partial charge in [-0.3, -0.25) is 14.9 Å². The van der Waals surface area contributed by atoms with Gasteiger partial charge < -0.3 is 15.4 Å². The van der Waals surface area contributed by atoms with Crippen molar-refractivity contribution in [3.63, 3.8) is 0 Å². The van der Waals surface area contributed by atoms with E-state index in [0.29, 0.717) is 11.3 Å². The Morgan fingerprint density at radius 2 is 1.80 bits per heavy atom. The number of hydrogen-bond donors (Lipinski definition) is 2. The Labute approximate surface area is 141 Å². The van der Waals surface area contributed by atoms with Gasteiger partial charge in [-0.1, -0.05) is 0 Å². The zero-order valence-electron chi connectivity index (χ0n) is 13.1. The molecule has 0 saturated heterocycles. The third kappa shape index (κ3) is 4.74.